The van der Waals surface area contributed by atoms with Gasteiger partial charge in [0.2, 0.25) is 0 Å². The lowest BCUT2D eigenvalue weighted by atomic mass is 9.90. The minimum Gasteiger partial charge on any atom is -0.480 e. The third kappa shape index (κ3) is 2.50. The smallest absolute Gasteiger partial charge is 0.326 e. The number of rotatable bonds is 2. The van der Waals surface area contributed by atoms with Crippen molar-refractivity contribution in [1.29, 1.82) is 5.26 Å². The van der Waals surface area contributed by atoms with E-state index in [1.807, 2.05) is 13.0 Å². The molecule has 4 nitrogen and oxygen atoms in total. The Balaban J connectivity index is 2.47. The standard InChI is InChI=1S/C14H14BrFN2O2/c1-8-3-2-6-18(13(8)14(19)20)10-5-4-9(7-17)11(15)12(10)16/h4-5,8,13H,2-3,6H2,1H3,(H,19,20). The Morgan fingerprint density at radius 3 is 2.90 bits per heavy atom. The highest BCUT2D eigenvalue weighted by molar-refractivity contribution is 9.10. The summed E-state index contributed by atoms with van der Waals surface area (Å²) in [6.45, 7) is 2.36. The Morgan fingerprint density at radius 2 is 2.30 bits per heavy atom. The number of nitriles is 1. The van der Waals surface area contributed by atoms with Crippen molar-refractivity contribution in [1.82, 2.24) is 0 Å². The quantitative estimate of drug-likeness (QED) is 0.898. The molecule has 0 radical (unpaired) electrons. The molecule has 0 aliphatic carbocycles. The lowest BCUT2D eigenvalue weighted by molar-refractivity contribution is -0.140. The molecule has 2 atom stereocenters. The molecule has 1 aliphatic rings. The number of anilines is 1. The summed E-state index contributed by atoms with van der Waals surface area (Å²) in [5, 5.41) is 18.2. The predicted octanol–water partition coefficient (Wildman–Crippen LogP) is 3.15. The summed E-state index contributed by atoms with van der Waals surface area (Å²) < 4.78 is 14.4. The van der Waals surface area contributed by atoms with E-state index >= 15 is 0 Å². The van der Waals surface area contributed by atoms with Gasteiger partial charge in [0, 0.05) is 6.54 Å². The van der Waals surface area contributed by atoms with Crippen molar-refractivity contribution < 1.29 is 14.3 Å². The number of piperidine rings is 1. The number of benzene rings is 1. The van der Waals surface area contributed by atoms with Crippen molar-refractivity contribution in [3.05, 3.63) is 28.0 Å². The molecule has 1 N–H and O–H groups in total. The maximum atomic E-state index is 14.4. The molecule has 1 fully saturated rings. The molecule has 20 heavy (non-hydrogen) atoms. The first-order chi connectivity index (χ1) is 9.47. The normalized spacial score (nSPS) is 22.4. The third-order valence-electron chi connectivity index (χ3n) is 3.68. The topological polar surface area (TPSA) is 64.3 Å². The van der Waals surface area contributed by atoms with Crippen molar-refractivity contribution in [2.24, 2.45) is 5.92 Å². The summed E-state index contributed by atoms with van der Waals surface area (Å²) in [4.78, 5) is 13.0. The van der Waals surface area contributed by atoms with Gasteiger partial charge in [0.15, 0.2) is 5.82 Å². The average Bonchev–Trinajstić information content (AvgIpc) is 2.41. The summed E-state index contributed by atoms with van der Waals surface area (Å²) in [6.07, 6.45) is 1.63. The number of hydrogen-bond acceptors (Lipinski definition) is 3. The van der Waals surface area contributed by atoms with E-state index in [0.29, 0.717) is 6.54 Å². The maximum absolute atomic E-state index is 14.4. The van der Waals surface area contributed by atoms with Gasteiger partial charge in [-0.1, -0.05) is 6.92 Å². The van der Waals surface area contributed by atoms with E-state index < -0.39 is 17.8 Å². The van der Waals surface area contributed by atoms with Crippen LogP contribution in [0.1, 0.15) is 25.3 Å². The van der Waals surface area contributed by atoms with E-state index in [0.717, 1.165) is 12.8 Å². The van der Waals surface area contributed by atoms with Crippen LogP contribution in [-0.2, 0) is 4.79 Å². The summed E-state index contributed by atoms with van der Waals surface area (Å²) in [6, 6.07) is 4.13. The van der Waals surface area contributed by atoms with Crippen LogP contribution in [0.3, 0.4) is 0 Å². The highest BCUT2D eigenvalue weighted by Gasteiger charge is 2.35. The molecule has 2 unspecified atom stereocenters. The van der Waals surface area contributed by atoms with Gasteiger partial charge in [-0.3, -0.25) is 0 Å². The van der Waals surface area contributed by atoms with Crippen molar-refractivity contribution in [3.8, 4) is 6.07 Å². The Morgan fingerprint density at radius 1 is 1.60 bits per heavy atom. The molecule has 0 amide bonds. The maximum Gasteiger partial charge on any atom is 0.326 e. The molecule has 0 bridgehead atoms. The molecule has 0 aromatic heterocycles. The molecule has 2 rings (SSSR count). The summed E-state index contributed by atoms with van der Waals surface area (Å²) in [5.41, 5.74) is 0.429. The summed E-state index contributed by atoms with van der Waals surface area (Å²) in [7, 11) is 0. The highest BCUT2D eigenvalue weighted by Crippen LogP contribution is 2.34. The SMILES string of the molecule is CC1CCCN(c2ccc(C#N)c(Br)c2F)C1C(=O)O. The van der Waals surface area contributed by atoms with E-state index in [4.69, 9.17) is 5.26 Å². The zero-order valence-electron chi connectivity index (χ0n) is 10.9. The van der Waals surface area contributed by atoms with Crippen LogP contribution >= 0.6 is 15.9 Å². The molecule has 106 valence electrons. The van der Waals surface area contributed by atoms with Crippen LogP contribution in [0.5, 0.6) is 0 Å². The second-order valence-corrected chi connectivity index (χ2v) is 5.76. The van der Waals surface area contributed by atoms with Gasteiger partial charge in [-0.25, -0.2) is 9.18 Å². The fourth-order valence-corrected chi connectivity index (χ4v) is 3.11. The lowest BCUT2D eigenvalue weighted by Crippen LogP contribution is -2.49. The number of hydrogen-bond donors (Lipinski definition) is 1. The molecule has 0 spiro atoms. The van der Waals surface area contributed by atoms with E-state index in [9.17, 15) is 14.3 Å². The van der Waals surface area contributed by atoms with Crippen LogP contribution < -0.4 is 4.90 Å². The van der Waals surface area contributed by atoms with Crippen LogP contribution in [0, 0.1) is 23.1 Å². The van der Waals surface area contributed by atoms with E-state index in [-0.39, 0.29) is 21.6 Å². The number of carboxylic acid groups (broad SMARTS) is 1. The largest absolute Gasteiger partial charge is 0.480 e. The molecule has 0 saturated carbocycles. The Kier molecular flexibility index (Phi) is 4.29. The first-order valence-corrected chi connectivity index (χ1v) is 7.14. The van der Waals surface area contributed by atoms with Gasteiger partial charge in [0.25, 0.3) is 0 Å². The van der Waals surface area contributed by atoms with Crippen molar-refractivity contribution in [3.63, 3.8) is 0 Å². The fourth-order valence-electron chi connectivity index (χ4n) is 2.68. The Bertz CT molecular complexity index is 585. The van der Waals surface area contributed by atoms with Gasteiger partial charge in [-0.2, -0.15) is 5.26 Å². The van der Waals surface area contributed by atoms with Gasteiger partial charge in [0.1, 0.15) is 12.1 Å². The minimum absolute atomic E-state index is 0.0462. The monoisotopic (exact) mass is 340 g/mol. The number of nitrogens with zero attached hydrogens (tertiary/aromatic N) is 2. The second-order valence-electron chi connectivity index (χ2n) is 4.97. The zero-order chi connectivity index (χ0) is 14.9. The first kappa shape index (κ1) is 14.8. The molecule has 1 aliphatic heterocycles. The van der Waals surface area contributed by atoms with Crippen LogP contribution in [0.25, 0.3) is 0 Å². The molecule has 6 heteroatoms. The number of aliphatic carboxylic acids is 1. The van der Waals surface area contributed by atoms with Gasteiger partial charge in [-0.05, 0) is 46.8 Å². The van der Waals surface area contributed by atoms with Crippen LogP contribution in [-0.4, -0.2) is 23.7 Å². The zero-order valence-corrected chi connectivity index (χ0v) is 12.5. The summed E-state index contributed by atoms with van der Waals surface area (Å²) >= 11 is 3.06. The first-order valence-electron chi connectivity index (χ1n) is 6.35. The second kappa shape index (κ2) is 5.80. The highest BCUT2D eigenvalue weighted by atomic mass is 79.9. The molecular formula is C14H14BrFN2O2. The molecular weight excluding hydrogens is 327 g/mol. The summed E-state index contributed by atoms with van der Waals surface area (Å²) in [5.74, 6) is -1.57. The van der Waals surface area contributed by atoms with Crippen LogP contribution in [0.2, 0.25) is 0 Å². The van der Waals surface area contributed by atoms with Crippen LogP contribution in [0.4, 0.5) is 10.1 Å². The van der Waals surface area contributed by atoms with Gasteiger partial charge >= 0.3 is 5.97 Å². The number of carboxylic acids is 1. The van der Waals surface area contributed by atoms with E-state index in [1.54, 1.807) is 4.90 Å². The molecule has 1 heterocycles. The molecule has 1 saturated heterocycles. The van der Waals surface area contributed by atoms with Crippen molar-refractivity contribution >= 4 is 27.6 Å². The van der Waals surface area contributed by atoms with Crippen molar-refractivity contribution in [2.45, 2.75) is 25.8 Å². The van der Waals surface area contributed by atoms with Gasteiger partial charge in [0.05, 0.1) is 15.7 Å². The minimum atomic E-state index is -0.947. The van der Waals surface area contributed by atoms with Gasteiger partial charge < -0.3 is 10.0 Å². The lowest BCUT2D eigenvalue weighted by Gasteiger charge is -2.39. The predicted molar refractivity (Wildman–Crippen MR) is 76.0 cm³/mol. The number of carbonyl (C=O) groups is 1. The third-order valence-corrected chi connectivity index (χ3v) is 4.45. The molecule has 1 aromatic rings. The average molecular weight is 341 g/mol. The fraction of sp³-hybridized carbons (Fsp3) is 0.429. The van der Waals surface area contributed by atoms with Crippen LogP contribution in [0.15, 0.2) is 16.6 Å². The Hall–Kier alpha value is -1.61. The molecule has 1 aromatic carbocycles. The Labute approximate surface area is 124 Å². The van der Waals surface area contributed by atoms with E-state index in [1.165, 1.54) is 12.1 Å². The van der Waals surface area contributed by atoms with Gasteiger partial charge in [-0.15, -0.1) is 0 Å². The van der Waals surface area contributed by atoms with E-state index in [2.05, 4.69) is 15.9 Å². The number of halogens is 2. The van der Waals surface area contributed by atoms with Crippen molar-refractivity contribution in [2.75, 3.05) is 11.4 Å².